The number of amides is 2. The second-order valence-corrected chi connectivity index (χ2v) is 5.39. The first-order valence-corrected chi connectivity index (χ1v) is 7.75. The Labute approximate surface area is 172 Å². The summed E-state index contributed by atoms with van der Waals surface area (Å²) in [5.41, 5.74) is 0.955. The van der Waals surface area contributed by atoms with Crippen molar-refractivity contribution in [2.45, 2.75) is 25.4 Å². The van der Waals surface area contributed by atoms with Gasteiger partial charge in [0.2, 0.25) is 0 Å². The molecule has 2 unspecified atom stereocenters. The number of urea groups is 1. The molecule has 0 fully saturated rings. The summed E-state index contributed by atoms with van der Waals surface area (Å²) >= 11 is 1.52. The topological polar surface area (TPSA) is 81.3 Å². The molecule has 5 nitrogen and oxygen atoms in total. The second-order valence-electron chi connectivity index (χ2n) is 4.40. The van der Waals surface area contributed by atoms with E-state index in [1.54, 1.807) is 0 Å². The van der Waals surface area contributed by atoms with E-state index in [1.165, 1.54) is 11.8 Å². The molecule has 2 atom stereocenters. The van der Waals surface area contributed by atoms with E-state index in [0.717, 1.165) is 5.56 Å². The van der Waals surface area contributed by atoms with Crippen molar-refractivity contribution in [1.82, 2.24) is 10.6 Å². The molecule has 0 radical (unpaired) electrons. The van der Waals surface area contributed by atoms with Crippen LogP contribution in [0.1, 0.15) is 24.9 Å². The number of carboxylic acid groups (broad SMARTS) is 1. The number of benzene rings is 1. The van der Waals surface area contributed by atoms with E-state index in [0.29, 0.717) is 12.2 Å². The number of nitrogens with one attached hydrogen (secondary N) is 2. The van der Waals surface area contributed by atoms with Gasteiger partial charge in [-0.1, -0.05) is 30.3 Å². The molecule has 0 aliphatic heterocycles. The zero-order valence-corrected chi connectivity index (χ0v) is 16.5. The van der Waals surface area contributed by atoms with E-state index in [9.17, 15) is 14.7 Å². The van der Waals surface area contributed by atoms with E-state index in [2.05, 4.69) is 10.6 Å². The molecular weight excluding hydrogens is 315 g/mol. The van der Waals surface area contributed by atoms with Gasteiger partial charge in [0.15, 0.2) is 0 Å². The Morgan fingerprint density at radius 3 is 2.38 bits per heavy atom. The Morgan fingerprint density at radius 2 is 1.86 bits per heavy atom. The van der Waals surface area contributed by atoms with Crippen molar-refractivity contribution in [2.75, 3.05) is 12.0 Å². The third-order valence-corrected chi connectivity index (χ3v) is 3.49. The molecule has 0 bridgehead atoms. The van der Waals surface area contributed by atoms with Crippen LogP contribution in [0.15, 0.2) is 30.3 Å². The average molecular weight is 334 g/mol. The minimum atomic E-state index is -1.26. The normalized spacial score (nSPS) is 12.7. The Balaban J connectivity index is 0.00000400. The SMILES string of the molecule is CSCCC(NC(=O)NC(C)c1ccccc1)C(=O)[O-].[K+]. The van der Waals surface area contributed by atoms with Gasteiger partial charge in [0.1, 0.15) is 0 Å². The van der Waals surface area contributed by atoms with Crippen LogP contribution in [0, 0.1) is 0 Å². The maximum absolute atomic E-state index is 11.8. The molecular formula is C14H19KN2O3S. The van der Waals surface area contributed by atoms with E-state index in [4.69, 9.17) is 0 Å². The standard InChI is InChI=1S/C14H20N2O3S.K/c1-10(11-6-4-3-5-7-11)15-14(19)16-12(13(17)18)8-9-20-2;/h3-7,10,12H,8-9H2,1-2H3,(H,17,18)(H2,15,16,19);/q;+1/p-1. The summed E-state index contributed by atoms with van der Waals surface area (Å²) in [4.78, 5) is 22.7. The van der Waals surface area contributed by atoms with Crippen LogP contribution in [0.3, 0.4) is 0 Å². The fourth-order valence-electron chi connectivity index (χ4n) is 1.71. The van der Waals surface area contributed by atoms with Crippen LogP contribution in [0.2, 0.25) is 0 Å². The quantitative estimate of drug-likeness (QED) is 0.561. The predicted octanol–water partition coefficient (Wildman–Crippen LogP) is -2.08. The van der Waals surface area contributed by atoms with Crippen LogP contribution in [-0.4, -0.2) is 30.1 Å². The summed E-state index contributed by atoms with van der Waals surface area (Å²) < 4.78 is 0. The average Bonchev–Trinajstić information content (AvgIpc) is 2.44. The third kappa shape index (κ3) is 8.23. The molecule has 0 saturated carbocycles. The first-order chi connectivity index (χ1) is 9.54. The van der Waals surface area contributed by atoms with Gasteiger partial charge in [-0.15, -0.1) is 0 Å². The third-order valence-electron chi connectivity index (χ3n) is 2.85. The molecule has 7 heteroatoms. The number of carbonyl (C=O) groups excluding carboxylic acids is 2. The molecule has 2 N–H and O–H groups in total. The summed E-state index contributed by atoms with van der Waals surface area (Å²) in [6, 6.07) is 7.79. The monoisotopic (exact) mass is 334 g/mol. The summed E-state index contributed by atoms with van der Waals surface area (Å²) in [5.74, 6) is -0.616. The van der Waals surface area contributed by atoms with Crippen molar-refractivity contribution < 1.29 is 66.1 Å². The first kappa shape index (κ1) is 20.9. The van der Waals surface area contributed by atoms with Crippen LogP contribution in [0.25, 0.3) is 0 Å². The smallest absolute Gasteiger partial charge is 0.548 e. The molecule has 1 aromatic rings. The zero-order chi connectivity index (χ0) is 15.0. The van der Waals surface area contributed by atoms with Gasteiger partial charge in [-0.05, 0) is 30.9 Å². The van der Waals surface area contributed by atoms with Crippen LogP contribution < -0.4 is 67.1 Å². The number of hydrogen-bond donors (Lipinski definition) is 2. The van der Waals surface area contributed by atoms with Crippen LogP contribution in [0.4, 0.5) is 4.79 Å². The van der Waals surface area contributed by atoms with Gasteiger partial charge in [0.05, 0.1) is 18.1 Å². The van der Waals surface area contributed by atoms with Gasteiger partial charge in [0, 0.05) is 0 Å². The molecule has 0 aliphatic rings. The Hall–Kier alpha value is -0.0536. The molecule has 0 saturated heterocycles. The van der Waals surface area contributed by atoms with Crippen LogP contribution >= 0.6 is 11.8 Å². The van der Waals surface area contributed by atoms with Crippen LogP contribution in [-0.2, 0) is 4.79 Å². The molecule has 21 heavy (non-hydrogen) atoms. The van der Waals surface area contributed by atoms with Gasteiger partial charge in [-0.3, -0.25) is 0 Å². The maximum atomic E-state index is 11.8. The van der Waals surface area contributed by atoms with Crippen molar-refractivity contribution >= 4 is 23.8 Å². The summed E-state index contributed by atoms with van der Waals surface area (Å²) in [7, 11) is 0. The number of carboxylic acids is 1. The number of thioether (sulfide) groups is 1. The van der Waals surface area contributed by atoms with E-state index < -0.39 is 18.0 Å². The summed E-state index contributed by atoms with van der Waals surface area (Å²) in [5, 5.41) is 16.1. The number of aliphatic carboxylic acids is 1. The summed E-state index contributed by atoms with van der Waals surface area (Å²) in [6.07, 6.45) is 2.22. The maximum Gasteiger partial charge on any atom is 1.00 e. The summed E-state index contributed by atoms with van der Waals surface area (Å²) in [6.45, 7) is 1.84. The fourth-order valence-corrected chi connectivity index (χ4v) is 2.18. The molecule has 0 spiro atoms. The van der Waals surface area contributed by atoms with E-state index >= 15 is 0 Å². The molecule has 2 amide bonds. The minimum Gasteiger partial charge on any atom is -0.548 e. The van der Waals surface area contributed by atoms with Gasteiger partial charge < -0.3 is 20.5 Å². The molecule has 0 heterocycles. The second kappa shape index (κ2) is 11.5. The van der Waals surface area contributed by atoms with Crippen LogP contribution in [0.5, 0.6) is 0 Å². The number of hydrogen-bond acceptors (Lipinski definition) is 4. The fraction of sp³-hybridized carbons (Fsp3) is 0.429. The molecule has 0 aromatic heterocycles. The zero-order valence-electron chi connectivity index (χ0n) is 12.6. The molecule has 0 aliphatic carbocycles. The van der Waals surface area contributed by atoms with Crippen molar-refractivity contribution in [1.29, 1.82) is 0 Å². The Kier molecular flexibility index (Phi) is 11.5. The molecule has 110 valence electrons. The van der Waals surface area contributed by atoms with Gasteiger partial charge in [0.25, 0.3) is 0 Å². The molecule has 1 aromatic carbocycles. The van der Waals surface area contributed by atoms with Gasteiger partial charge in [-0.25, -0.2) is 4.79 Å². The van der Waals surface area contributed by atoms with Gasteiger partial charge in [-0.2, -0.15) is 11.8 Å². The van der Waals surface area contributed by atoms with Crippen molar-refractivity contribution in [3.05, 3.63) is 35.9 Å². The van der Waals surface area contributed by atoms with E-state index in [1.807, 2.05) is 43.5 Å². The largest absolute Gasteiger partial charge is 1.00 e. The predicted molar refractivity (Wildman–Crippen MR) is 78.3 cm³/mol. The first-order valence-electron chi connectivity index (χ1n) is 6.36. The number of rotatable bonds is 7. The van der Waals surface area contributed by atoms with Gasteiger partial charge >= 0.3 is 57.4 Å². The van der Waals surface area contributed by atoms with Crippen molar-refractivity contribution in [3.63, 3.8) is 0 Å². The number of carbonyl (C=O) groups is 2. The van der Waals surface area contributed by atoms with Crippen molar-refractivity contribution in [2.24, 2.45) is 0 Å². The Morgan fingerprint density at radius 1 is 1.24 bits per heavy atom. The Bertz CT molecular complexity index is 445. The van der Waals surface area contributed by atoms with Crippen molar-refractivity contribution in [3.8, 4) is 0 Å². The van der Waals surface area contributed by atoms with E-state index in [-0.39, 0.29) is 57.4 Å². The minimum absolute atomic E-state index is 0. The molecule has 1 rings (SSSR count).